The molecule has 1 rings (SSSR count). The summed E-state index contributed by atoms with van der Waals surface area (Å²) in [7, 11) is -0.378. The Kier molecular flexibility index (Phi) is 2.92. The molecule has 0 amide bonds. The first-order chi connectivity index (χ1) is 5.20. The van der Waals surface area contributed by atoms with E-state index in [1.807, 2.05) is 0 Å². The van der Waals surface area contributed by atoms with E-state index in [1.54, 1.807) is 0 Å². The first-order valence-electron chi connectivity index (χ1n) is 3.15. The third-order valence-corrected chi connectivity index (χ3v) is 2.26. The lowest BCUT2D eigenvalue weighted by Gasteiger charge is -2.09. The topological polar surface area (TPSA) is 87.0 Å². The van der Waals surface area contributed by atoms with Crippen molar-refractivity contribution in [2.45, 2.75) is 24.2 Å². The number of aliphatic hydroxyl groups is 3. The van der Waals surface area contributed by atoms with Gasteiger partial charge < -0.3 is 20.1 Å². The fraction of sp³-hybridized carbons (Fsp3) is 1.00. The highest BCUT2D eigenvalue weighted by atomic mass is 31.1. The van der Waals surface area contributed by atoms with Crippen molar-refractivity contribution in [2.75, 3.05) is 6.61 Å². The molecule has 0 spiro atoms. The van der Waals surface area contributed by atoms with E-state index in [0.29, 0.717) is 0 Å². The largest absolute Gasteiger partial charge is 0.394 e. The van der Waals surface area contributed by atoms with E-state index in [9.17, 15) is 4.57 Å². The Balaban J connectivity index is 2.60. The summed E-state index contributed by atoms with van der Waals surface area (Å²) < 4.78 is 15.1. The zero-order valence-corrected chi connectivity index (χ0v) is 6.52. The van der Waals surface area contributed by atoms with E-state index in [4.69, 9.17) is 20.1 Å². The molecule has 1 fully saturated rings. The van der Waals surface area contributed by atoms with Crippen molar-refractivity contribution < 1.29 is 24.6 Å². The molecule has 4 atom stereocenters. The predicted octanol–water partition coefficient (Wildman–Crippen LogP) is -1.28. The molecule has 0 aromatic rings. The van der Waals surface area contributed by atoms with Gasteiger partial charge in [-0.05, 0) is 0 Å². The molecule has 0 aromatic carbocycles. The molecule has 64 valence electrons. The molecule has 1 unspecified atom stereocenters. The van der Waals surface area contributed by atoms with E-state index < -0.39 is 24.2 Å². The second kappa shape index (κ2) is 3.56. The zero-order chi connectivity index (χ0) is 8.43. The summed E-state index contributed by atoms with van der Waals surface area (Å²) in [5.41, 5.74) is 0. The van der Waals surface area contributed by atoms with Crippen LogP contribution in [0.3, 0.4) is 0 Å². The third-order valence-electron chi connectivity index (χ3n) is 1.62. The Morgan fingerprint density at radius 1 is 1.36 bits per heavy atom. The lowest BCUT2D eigenvalue weighted by molar-refractivity contribution is -0.00848. The van der Waals surface area contributed by atoms with Crippen LogP contribution < -0.4 is 0 Å². The SMILES string of the molecule is O=PC1O[C@H](CO)[C@@H](O)[C@H]1O. The molecule has 11 heavy (non-hydrogen) atoms. The van der Waals surface area contributed by atoms with Crippen LogP contribution >= 0.6 is 8.46 Å². The van der Waals surface area contributed by atoms with Crippen LogP contribution in [-0.4, -0.2) is 46.1 Å². The highest BCUT2D eigenvalue weighted by Gasteiger charge is 2.42. The standard InChI is InChI=1S/C5H9O5P/c6-1-2-3(7)4(8)5(10-2)11-9/h2-8H,1H2/t2-,3-,4-,5?/m1/s1. The molecule has 3 N–H and O–H groups in total. The van der Waals surface area contributed by atoms with Crippen molar-refractivity contribution in [3.8, 4) is 0 Å². The molecule has 6 heteroatoms. The minimum Gasteiger partial charge on any atom is -0.394 e. The van der Waals surface area contributed by atoms with Crippen LogP contribution in [0.25, 0.3) is 0 Å². The molecule has 1 aliphatic heterocycles. The highest BCUT2D eigenvalue weighted by molar-refractivity contribution is 7.24. The molecule has 0 saturated carbocycles. The molecule has 1 saturated heterocycles. The van der Waals surface area contributed by atoms with E-state index in [1.165, 1.54) is 0 Å². The number of hydrogen-bond acceptors (Lipinski definition) is 5. The van der Waals surface area contributed by atoms with E-state index in [2.05, 4.69) is 0 Å². The average Bonchev–Trinajstić information content (AvgIpc) is 2.30. The maximum Gasteiger partial charge on any atom is 0.190 e. The highest BCUT2D eigenvalue weighted by Crippen LogP contribution is 2.27. The molecule has 5 nitrogen and oxygen atoms in total. The van der Waals surface area contributed by atoms with Crippen molar-refractivity contribution in [3.63, 3.8) is 0 Å². The summed E-state index contributed by atoms with van der Waals surface area (Å²) in [6.07, 6.45) is -3.14. The Labute approximate surface area is 64.8 Å². The number of rotatable bonds is 2. The Morgan fingerprint density at radius 3 is 2.27 bits per heavy atom. The number of aliphatic hydroxyl groups excluding tert-OH is 3. The maximum atomic E-state index is 10.2. The molecule has 0 aliphatic carbocycles. The van der Waals surface area contributed by atoms with Crippen LogP contribution in [0.2, 0.25) is 0 Å². The van der Waals surface area contributed by atoms with E-state index >= 15 is 0 Å². The lowest BCUT2D eigenvalue weighted by atomic mass is 10.2. The number of ether oxygens (including phenoxy) is 1. The normalized spacial score (nSPS) is 45.0. The minimum atomic E-state index is -1.17. The van der Waals surface area contributed by atoms with Crippen LogP contribution in [-0.2, 0) is 9.30 Å². The van der Waals surface area contributed by atoms with Crippen molar-refractivity contribution in [3.05, 3.63) is 0 Å². The zero-order valence-electron chi connectivity index (χ0n) is 5.62. The van der Waals surface area contributed by atoms with Gasteiger partial charge in [0.15, 0.2) is 14.3 Å². The van der Waals surface area contributed by atoms with Gasteiger partial charge in [0, 0.05) is 0 Å². The second-order valence-corrected chi connectivity index (χ2v) is 3.05. The van der Waals surface area contributed by atoms with Gasteiger partial charge in [0.05, 0.1) is 6.61 Å². The van der Waals surface area contributed by atoms with Crippen molar-refractivity contribution in [1.82, 2.24) is 0 Å². The fourth-order valence-electron chi connectivity index (χ4n) is 0.967. The average molecular weight is 180 g/mol. The Morgan fingerprint density at radius 2 is 2.00 bits per heavy atom. The molecular weight excluding hydrogens is 171 g/mol. The van der Waals surface area contributed by atoms with Gasteiger partial charge in [0.1, 0.15) is 18.3 Å². The quantitative estimate of drug-likeness (QED) is 0.460. The van der Waals surface area contributed by atoms with Gasteiger partial charge in [-0.3, -0.25) is 4.57 Å². The van der Waals surface area contributed by atoms with Gasteiger partial charge in [-0.1, -0.05) is 0 Å². The van der Waals surface area contributed by atoms with E-state index in [-0.39, 0.29) is 15.1 Å². The molecule has 0 aromatic heterocycles. The van der Waals surface area contributed by atoms with Crippen molar-refractivity contribution in [1.29, 1.82) is 0 Å². The van der Waals surface area contributed by atoms with Crippen LogP contribution in [0.1, 0.15) is 0 Å². The Hall–Kier alpha value is -0.0600. The Bertz CT molecular complexity index is 152. The summed E-state index contributed by atoms with van der Waals surface area (Å²) >= 11 is 0. The van der Waals surface area contributed by atoms with Gasteiger partial charge in [0.2, 0.25) is 0 Å². The summed E-state index contributed by atoms with van der Waals surface area (Å²) in [4.78, 5) is 0. The van der Waals surface area contributed by atoms with Gasteiger partial charge in [0.25, 0.3) is 0 Å². The summed E-state index contributed by atoms with van der Waals surface area (Å²) in [5, 5.41) is 26.7. The van der Waals surface area contributed by atoms with Gasteiger partial charge >= 0.3 is 0 Å². The maximum absolute atomic E-state index is 10.2. The second-order valence-electron chi connectivity index (χ2n) is 2.33. The molecular formula is C5H9O5P. The molecule has 0 bridgehead atoms. The van der Waals surface area contributed by atoms with E-state index in [0.717, 1.165) is 0 Å². The summed E-state index contributed by atoms with van der Waals surface area (Å²) in [6.45, 7) is -0.385. The first-order valence-corrected chi connectivity index (χ1v) is 4.03. The van der Waals surface area contributed by atoms with Crippen LogP contribution in [0.5, 0.6) is 0 Å². The van der Waals surface area contributed by atoms with Crippen LogP contribution in [0.4, 0.5) is 0 Å². The van der Waals surface area contributed by atoms with Gasteiger partial charge in [-0.15, -0.1) is 0 Å². The van der Waals surface area contributed by atoms with Crippen molar-refractivity contribution >= 4 is 8.46 Å². The van der Waals surface area contributed by atoms with Crippen LogP contribution in [0.15, 0.2) is 0 Å². The molecule has 1 aliphatic rings. The fourth-order valence-corrected chi connectivity index (χ4v) is 1.47. The van der Waals surface area contributed by atoms with Crippen molar-refractivity contribution in [2.24, 2.45) is 0 Å². The van der Waals surface area contributed by atoms with Crippen LogP contribution in [0, 0.1) is 0 Å². The third kappa shape index (κ3) is 1.58. The van der Waals surface area contributed by atoms with Gasteiger partial charge in [-0.2, -0.15) is 0 Å². The number of hydrogen-bond donors (Lipinski definition) is 3. The molecule has 1 heterocycles. The smallest absolute Gasteiger partial charge is 0.190 e. The first kappa shape index (κ1) is 9.03. The lowest BCUT2D eigenvalue weighted by Crippen LogP contribution is -2.32. The summed E-state index contributed by atoms with van der Waals surface area (Å²) in [5.74, 6) is -0.915. The van der Waals surface area contributed by atoms with Gasteiger partial charge in [-0.25, -0.2) is 0 Å². The molecule has 0 radical (unpaired) electrons. The monoisotopic (exact) mass is 180 g/mol. The minimum absolute atomic E-state index is 0.378. The summed E-state index contributed by atoms with van der Waals surface area (Å²) in [6, 6.07) is 0. The predicted molar refractivity (Wildman–Crippen MR) is 35.4 cm³/mol.